The third kappa shape index (κ3) is 2.53. The molecule has 1 aromatic rings. The van der Waals surface area contributed by atoms with Gasteiger partial charge in [-0.3, -0.25) is 4.79 Å². The van der Waals surface area contributed by atoms with E-state index in [4.69, 9.17) is 5.73 Å². The summed E-state index contributed by atoms with van der Waals surface area (Å²) in [4.78, 5) is 13.1. The molecule has 0 aliphatic carbocycles. The first kappa shape index (κ1) is 10.7. The van der Waals surface area contributed by atoms with Crippen molar-refractivity contribution in [1.29, 1.82) is 0 Å². The summed E-state index contributed by atoms with van der Waals surface area (Å²) >= 11 is 0. The van der Waals surface area contributed by atoms with Gasteiger partial charge in [0.1, 0.15) is 5.82 Å². The molecule has 0 fully saturated rings. The lowest BCUT2D eigenvalue weighted by atomic mass is 10.2. The van der Waals surface area contributed by atoms with Crippen LogP contribution in [0.1, 0.15) is 10.4 Å². The van der Waals surface area contributed by atoms with Crippen LogP contribution in [0, 0.1) is 5.82 Å². The fourth-order valence-electron chi connectivity index (χ4n) is 1.14. The van der Waals surface area contributed by atoms with E-state index in [9.17, 15) is 9.18 Å². The second-order valence-electron chi connectivity index (χ2n) is 3.03. The molecule has 0 atom stereocenters. The third-order valence-electron chi connectivity index (χ3n) is 1.88. The predicted molar refractivity (Wildman–Crippen MR) is 52.4 cm³/mol. The van der Waals surface area contributed by atoms with Crippen LogP contribution in [0.4, 0.5) is 4.39 Å². The molecule has 2 N–H and O–H groups in total. The van der Waals surface area contributed by atoms with Gasteiger partial charge in [0, 0.05) is 25.7 Å². The molecule has 0 aliphatic heterocycles. The maximum atomic E-state index is 12.8. The number of hydrogen-bond acceptors (Lipinski definition) is 2. The molecule has 1 aromatic carbocycles. The van der Waals surface area contributed by atoms with Gasteiger partial charge >= 0.3 is 0 Å². The first-order chi connectivity index (χ1) is 6.65. The summed E-state index contributed by atoms with van der Waals surface area (Å²) in [5, 5.41) is 0. The zero-order valence-corrected chi connectivity index (χ0v) is 8.03. The summed E-state index contributed by atoms with van der Waals surface area (Å²) < 4.78 is 12.8. The van der Waals surface area contributed by atoms with Gasteiger partial charge in [-0.15, -0.1) is 0 Å². The van der Waals surface area contributed by atoms with E-state index in [-0.39, 0.29) is 5.91 Å². The maximum Gasteiger partial charge on any atom is 0.253 e. The Balaban J connectivity index is 2.78. The van der Waals surface area contributed by atoms with Crippen LogP contribution < -0.4 is 5.73 Å². The van der Waals surface area contributed by atoms with Gasteiger partial charge < -0.3 is 10.6 Å². The van der Waals surface area contributed by atoms with Crippen LogP contribution in [0.2, 0.25) is 0 Å². The minimum absolute atomic E-state index is 0.213. The number of benzene rings is 1. The van der Waals surface area contributed by atoms with Crippen LogP contribution in [0.15, 0.2) is 24.3 Å². The summed E-state index contributed by atoms with van der Waals surface area (Å²) in [6, 6.07) is 5.62. The lowest BCUT2D eigenvalue weighted by Crippen LogP contribution is -2.31. The van der Waals surface area contributed by atoms with Crippen LogP contribution in [-0.2, 0) is 0 Å². The predicted octanol–water partition coefficient (Wildman–Crippen LogP) is 0.856. The number of rotatable bonds is 3. The molecule has 0 saturated carbocycles. The lowest BCUT2D eigenvalue weighted by Gasteiger charge is -2.15. The second kappa shape index (κ2) is 4.72. The summed E-state index contributed by atoms with van der Waals surface area (Å²) in [5.41, 5.74) is 5.66. The molecule has 0 heterocycles. The Bertz CT molecular complexity index is 328. The van der Waals surface area contributed by atoms with Gasteiger partial charge in [0.15, 0.2) is 0 Å². The smallest absolute Gasteiger partial charge is 0.253 e. The maximum absolute atomic E-state index is 12.8. The quantitative estimate of drug-likeness (QED) is 0.779. The average molecular weight is 196 g/mol. The van der Waals surface area contributed by atoms with Crippen LogP contribution in [0.5, 0.6) is 0 Å². The Morgan fingerprint density at radius 3 is 2.86 bits per heavy atom. The van der Waals surface area contributed by atoms with E-state index >= 15 is 0 Å². The zero-order valence-electron chi connectivity index (χ0n) is 8.03. The Hall–Kier alpha value is -1.42. The van der Waals surface area contributed by atoms with Gasteiger partial charge in [-0.1, -0.05) is 6.07 Å². The number of carbonyl (C=O) groups excluding carboxylic acids is 1. The topological polar surface area (TPSA) is 46.3 Å². The van der Waals surface area contributed by atoms with Crippen molar-refractivity contribution in [2.24, 2.45) is 5.73 Å². The molecule has 0 radical (unpaired) electrons. The Morgan fingerprint density at radius 1 is 1.57 bits per heavy atom. The van der Waals surface area contributed by atoms with Crippen molar-refractivity contribution in [3.05, 3.63) is 35.6 Å². The highest BCUT2D eigenvalue weighted by Crippen LogP contribution is 2.05. The number of hydrogen-bond donors (Lipinski definition) is 1. The number of halogens is 1. The molecule has 0 bridgehead atoms. The van der Waals surface area contributed by atoms with Gasteiger partial charge in [0.2, 0.25) is 0 Å². The van der Waals surface area contributed by atoms with Gasteiger partial charge in [0.25, 0.3) is 5.91 Å². The van der Waals surface area contributed by atoms with Crippen molar-refractivity contribution in [2.75, 3.05) is 20.1 Å². The first-order valence-electron chi connectivity index (χ1n) is 4.36. The van der Waals surface area contributed by atoms with E-state index in [1.165, 1.54) is 23.1 Å². The van der Waals surface area contributed by atoms with E-state index < -0.39 is 5.82 Å². The molecule has 1 rings (SSSR count). The van der Waals surface area contributed by atoms with Crippen molar-refractivity contribution >= 4 is 5.91 Å². The summed E-state index contributed by atoms with van der Waals surface area (Å²) in [5.74, 6) is -0.619. The molecule has 0 saturated heterocycles. The lowest BCUT2D eigenvalue weighted by molar-refractivity contribution is 0.0798. The SMILES string of the molecule is CN(CCN)C(=O)c1cccc(F)c1. The summed E-state index contributed by atoms with van der Waals surface area (Å²) in [6.07, 6.45) is 0. The molecule has 0 aliphatic rings. The fraction of sp³-hybridized carbons (Fsp3) is 0.300. The molecule has 0 spiro atoms. The van der Waals surface area contributed by atoms with E-state index in [0.717, 1.165) is 0 Å². The Labute approximate surface area is 82.3 Å². The zero-order chi connectivity index (χ0) is 10.6. The molecule has 3 nitrogen and oxygen atoms in total. The minimum atomic E-state index is -0.406. The van der Waals surface area contributed by atoms with Crippen LogP contribution in [0.3, 0.4) is 0 Å². The molecule has 76 valence electrons. The monoisotopic (exact) mass is 196 g/mol. The number of nitrogens with zero attached hydrogens (tertiary/aromatic N) is 1. The molecule has 4 heteroatoms. The van der Waals surface area contributed by atoms with E-state index in [1.807, 2.05) is 0 Å². The first-order valence-corrected chi connectivity index (χ1v) is 4.36. The summed E-state index contributed by atoms with van der Waals surface area (Å²) in [7, 11) is 1.64. The molecule has 0 aromatic heterocycles. The average Bonchev–Trinajstić information content (AvgIpc) is 2.17. The number of likely N-dealkylation sites (N-methyl/N-ethyl adjacent to an activating group) is 1. The summed E-state index contributed by atoms with van der Waals surface area (Å²) in [6.45, 7) is 0.868. The third-order valence-corrected chi connectivity index (χ3v) is 1.88. The fourth-order valence-corrected chi connectivity index (χ4v) is 1.14. The Kier molecular flexibility index (Phi) is 3.59. The number of carbonyl (C=O) groups is 1. The van der Waals surface area contributed by atoms with Crippen LogP contribution in [-0.4, -0.2) is 30.9 Å². The van der Waals surface area contributed by atoms with Gasteiger partial charge in [-0.25, -0.2) is 4.39 Å². The van der Waals surface area contributed by atoms with Gasteiger partial charge in [-0.05, 0) is 18.2 Å². The van der Waals surface area contributed by atoms with Crippen molar-refractivity contribution in [2.45, 2.75) is 0 Å². The normalized spacial score (nSPS) is 9.93. The largest absolute Gasteiger partial charge is 0.340 e. The van der Waals surface area contributed by atoms with Crippen molar-refractivity contribution < 1.29 is 9.18 Å². The standard InChI is InChI=1S/C10H13FN2O/c1-13(6-5-12)10(14)8-3-2-4-9(11)7-8/h2-4,7H,5-6,12H2,1H3. The van der Waals surface area contributed by atoms with Gasteiger partial charge in [0.05, 0.1) is 0 Å². The molecule has 14 heavy (non-hydrogen) atoms. The highest BCUT2D eigenvalue weighted by Gasteiger charge is 2.10. The van der Waals surface area contributed by atoms with Crippen LogP contribution in [0.25, 0.3) is 0 Å². The molecular formula is C10H13FN2O. The van der Waals surface area contributed by atoms with Crippen molar-refractivity contribution in [1.82, 2.24) is 4.90 Å². The number of amides is 1. The Morgan fingerprint density at radius 2 is 2.29 bits per heavy atom. The second-order valence-corrected chi connectivity index (χ2v) is 3.03. The minimum Gasteiger partial charge on any atom is -0.340 e. The van der Waals surface area contributed by atoms with Gasteiger partial charge in [-0.2, -0.15) is 0 Å². The highest BCUT2D eigenvalue weighted by molar-refractivity contribution is 5.94. The highest BCUT2D eigenvalue weighted by atomic mass is 19.1. The van der Waals surface area contributed by atoms with E-state index in [1.54, 1.807) is 13.1 Å². The van der Waals surface area contributed by atoms with Crippen molar-refractivity contribution in [3.63, 3.8) is 0 Å². The van der Waals surface area contributed by atoms with E-state index in [0.29, 0.717) is 18.7 Å². The molecular weight excluding hydrogens is 183 g/mol. The molecule has 1 amide bonds. The number of nitrogens with two attached hydrogens (primary N) is 1. The molecule has 0 unspecified atom stereocenters. The van der Waals surface area contributed by atoms with Crippen molar-refractivity contribution in [3.8, 4) is 0 Å². The van der Waals surface area contributed by atoms with E-state index in [2.05, 4.69) is 0 Å². The van der Waals surface area contributed by atoms with Crippen LogP contribution >= 0.6 is 0 Å².